The molecule has 0 aromatic carbocycles. The number of ether oxygens (including phenoxy) is 2. The Kier molecular flexibility index (Phi) is 4.75. The molecule has 1 saturated heterocycles. The van der Waals surface area contributed by atoms with Gasteiger partial charge in [-0.1, -0.05) is 6.92 Å². The van der Waals surface area contributed by atoms with E-state index in [2.05, 4.69) is 15.3 Å². The molecule has 2 heterocycles. The number of rotatable bonds is 6. The summed E-state index contributed by atoms with van der Waals surface area (Å²) in [6.45, 7) is 6.28. The zero-order valence-electron chi connectivity index (χ0n) is 11.1. The summed E-state index contributed by atoms with van der Waals surface area (Å²) in [6, 6.07) is 1.84. The van der Waals surface area contributed by atoms with E-state index in [0.29, 0.717) is 18.6 Å². The Labute approximate surface area is 108 Å². The van der Waals surface area contributed by atoms with Crippen LogP contribution in [0.5, 0.6) is 5.88 Å². The SMILES string of the molecule is CCOc1cc(NCC2CCCO2)nc(CC)n1. The molecule has 5 heteroatoms. The highest BCUT2D eigenvalue weighted by atomic mass is 16.5. The molecule has 0 bridgehead atoms. The molecule has 1 aromatic heterocycles. The van der Waals surface area contributed by atoms with E-state index >= 15 is 0 Å². The normalized spacial score (nSPS) is 18.9. The molecule has 1 aromatic rings. The van der Waals surface area contributed by atoms with Gasteiger partial charge >= 0.3 is 0 Å². The summed E-state index contributed by atoms with van der Waals surface area (Å²) in [5.74, 6) is 2.26. The van der Waals surface area contributed by atoms with E-state index in [1.807, 2.05) is 19.9 Å². The number of nitrogens with zero attached hydrogens (tertiary/aromatic N) is 2. The predicted octanol–water partition coefficient (Wildman–Crippen LogP) is 2.03. The second kappa shape index (κ2) is 6.54. The summed E-state index contributed by atoms with van der Waals surface area (Å²) in [4.78, 5) is 8.75. The Hall–Kier alpha value is -1.36. The summed E-state index contributed by atoms with van der Waals surface area (Å²) in [5.41, 5.74) is 0. The monoisotopic (exact) mass is 251 g/mol. The van der Waals surface area contributed by atoms with Gasteiger partial charge < -0.3 is 14.8 Å². The third kappa shape index (κ3) is 3.57. The molecule has 5 nitrogen and oxygen atoms in total. The lowest BCUT2D eigenvalue weighted by molar-refractivity contribution is 0.120. The Morgan fingerprint density at radius 1 is 1.44 bits per heavy atom. The molecular weight excluding hydrogens is 230 g/mol. The van der Waals surface area contributed by atoms with E-state index in [4.69, 9.17) is 9.47 Å². The number of aryl methyl sites for hydroxylation is 1. The Morgan fingerprint density at radius 2 is 2.33 bits per heavy atom. The maximum absolute atomic E-state index is 5.57. The van der Waals surface area contributed by atoms with Gasteiger partial charge in [0.15, 0.2) is 0 Å². The highest BCUT2D eigenvalue weighted by molar-refractivity contribution is 5.38. The van der Waals surface area contributed by atoms with Crippen LogP contribution >= 0.6 is 0 Å². The maximum atomic E-state index is 5.57. The van der Waals surface area contributed by atoms with E-state index in [-0.39, 0.29) is 0 Å². The van der Waals surface area contributed by atoms with Crippen LogP contribution in [0.15, 0.2) is 6.07 Å². The van der Waals surface area contributed by atoms with Gasteiger partial charge in [-0.3, -0.25) is 0 Å². The summed E-state index contributed by atoms with van der Waals surface area (Å²) < 4.78 is 11.0. The van der Waals surface area contributed by atoms with Crippen molar-refractivity contribution in [3.05, 3.63) is 11.9 Å². The minimum absolute atomic E-state index is 0.306. The van der Waals surface area contributed by atoms with Crippen LogP contribution in [0.3, 0.4) is 0 Å². The van der Waals surface area contributed by atoms with Gasteiger partial charge in [-0.05, 0) is 19.8 Å². The maximum Gasteiger partial charge on any atom is 0.218 e. The summed E-state index contributed by atoms with van der Waals surface area (Å²) in [7, 11) is 0. The topological polar surface area (TPSA) is 56.3 Å². The highest BCUT2D eigenvalue weighted by Crippen LogP contribution is 2.16. The molecular formula is C13H21N3O2. The molecule has 1 fully saturated rings. The third-order valence-electron chi connectivity index (χ3n) is 2.89. The fourth-order valence-electron chi connectivity index (χ4n) is 1.97. The van der Waals surface area contributed by atoms with Crippen LogP contribution in [-0.2, 0) is 11.2 Å². The molecule has 0 aliphatic carbocycles. The molecule has 1 atom stereocenters. The molecule has 1 aliphatic heterocycles. The van der Waals surface area contributed by atoms with Crippen molar-refractivity contribution in [2.75, 3.05) is 25.1 Å². The van der Waals surface area contributed by atoms with Crippen molar-refractivity contribution in [3.63, 3.8) is 0 Å². The van der Waals surface area contributed by atoms with E-state index in [1.54, 1.807) is 0 Å². The lowest BCUT2D eigenvalue weighted by Crippen LogP contribution is -2.19. The van der Waals surface area contributed by atoms with Gasteiger partial charge in [0.05, 0.1) is 12.7 Å². The van der Waals surface area contributed by atoms with Gasteiger partial charge in [-0.2, -0.15) is 4.98 Å². The molecule has 100 valence electrons. The van der Waals surface area contributed by atoms with Gasteiger partial charge in [0.2, 0.25) is 5.88 Å². The standard InChI is InChI=1S/C13H21N3O2/c1-3-11-15-12(8-13(16-11)17-4-2)14-9-10-6-5-7-18-10/h8,10H,3-7,9H2,1-2H3,(H,14,15,16). The molecule has 18 heavy (non-hydrogen) atoms. The first-order chi connectivity index (χ1) is 8.81. The molecule has 2 rings (SSSR count). The van der Waals surface area contributed by atoms with E-state index < -0.39 is 0 Å². The molecule has 1 N–H and O–H groups in total. The largest absolute Gasteiger partial charge is 0.478 e. The summed E-state index contributed by atoms with van der Waals surface area (Å²) in [5, 5.41) is 3.30. The predicted molar refractivity (Wildman–Crippen MR) is 70.0 cm³/mol. The number of hydrogen-bond donors (Lipinski definition) is 1. The average molecular weight is 251 g/mol. The van der Waals surface area contributed by atoms with Crippen LogP contribution in [0.1, 0.15) is 32.5 Å². The van der Waals surface area contributed by atoms with Crippen molar-refractivity contribution in [1.82, 2.24) is 9.97 Å². The Balaban J connectivity index is 1.98. The van der Waals surface area contributed by atoms with Crippen LogP contribution in [-0.4, -0.2) is 35.8 Å². The minimum Gasteiger partial charge on any atom is -0.478 e. The lowest BCUT2D eigenvalue weighted by Gasteiger charge is -2.12. The van der Waals surface area contributed by atoms with Crippen LogP contribution in [0.2, 0.25) is 0 Å². The fraction of sp³-hybridized carbons (Fsp3) is 0.692. The Bertz CT molecular complexity index is 378. The van der Waals surface area contributed by atoms with Crippen molar-refractivity contribution in [2.45, 2.75) is 39.2 Å². The Morgan fingerprint density at radius 3 is 3.00 bits per heavy atom. The van der Waals surface area contributed by atoms with Gasteiger partial charge in [0.1, 0.15) is 11.6 Å². The van der Waals surface area contributed by atoms with Crippen LogP contribution in [0, 0.1) is 0 Å². The van der Waals surface area contributed by atoms with E-state index in [9.17, 15) is 0 Å². The van der Waals surface area contributed by atoms with Crippen molar-refractivity contribution in [3.8, 4) is 5.88 Å². The molecule has 0 radical (unpaired) electrons. The summed E-state index contributed by atoms with van der Waals surface area (Å²) >= 11 is 0. The molecule has 0 spiro atoms. The summed E-state index contributed by atoms with van der Waals surface area (Å²) in [6.07, 6.45) is 3.38. The highest BCUT2D eigenvalue weighted by Gasteiger charge is 2.15. The fourth-order valence-corrected chi connectivity index (χ4v) is 1.97. The van der Waals surface area contributed by atoms with E-state index in [0.717, 1.165) is 44.1 Å². The minimum atomic E-state index is 0.306. The molecule has 1 aliphatic rings. The average Bonchev–Trinajstić information content (AvgIpc) is 2.89. The number of anilines is 1. The molecule has 0 saturated carbocycles. The first kappa shape index (κ1) is 13.1. The van der Waals surface area contributed by atoms with Gasteiger partial charge in [0, 0.05) is 25.6 Å². The van der Waals surface area contributed by atoms with Crippen LogP contribution < -0.4 is 10.1 Å². The number of aromatic nitrogens is 2. The van der Waals surface area contributed by atoms with Crippen molar-refractivity contribution in [1.29, 1.82) is 0 Å². The quantitative estimate of drug-likeness (QED) is 0.838. The molecule has 0 amide bonds. The number of hydrogen-bond acceptors (Lipinski definition) is 5. The molecule has 1 unspecified atom stereocenters. The van der Waals surface area contributed by atoms with Crippen LogP contribution in [0.25, 0.3) is 0 Å². The lowest BCUT2D eigenvalue weighted by atomic mass is 10.2. The first-order valence-electron chi connectivity index (χ1n) is 6.68. The second-order valence-corrected chi connectivity index (χ2v) is 4.31. The van der Waals surface area contributed by atoms with Crippen molar-refractivity contribution >= 4 is 5.82 Å². The van der Waals surface area contributed by atoms with Gasteiger partial charge in [-0.15, -0.1) is 0 Å². The van der Waals surface area contributed by atoms with Crippen molar-refractivity contribution < 1.29 is 9.47 Å². The van der Waals surface area contributed by atoms with Crippen LogP contribution in [0.4, 0.5) is 5.82 Å². The first-order valence-corrected chi connectivity index (χ1v) is 6.68. The zero-order chi connectivity index (χ0) is 12.8. The van der Waals surface area contributed by atoms with Gasteiger partial charge in [-0.25, -0.2) is 4.98 Å². The third-order valence-corrected chi connectivity index (χ3v) is 2.89. The van der Waals surface area contributed by atoms with Gasteiger partial charge in [0.25, 0.3) is 0 Å². The second-order valence-electron chi connectivity index (χ2n) is 4.31. The van der Waals surface area contributed by atoms with Crippen molar-refractivity contribution in [2.24, 2.45) is 0 Å². The van der Waals surface area contributed by atoms with E-state index in [1.165, 1.54) is 0 Å². The number of nitrogens with one attached hydrogen (secondary N) is 1. The smallest absolute Gasteiger partial charge is 0.218 e. The zero-order valence-corrected chi connectivity index (χ0v) is 11.1.